The Bertz CT molecular complexity index is 5520. The molecule has 11 aromatic carbocycles. The molecule has 12 aromatic rings. The van der Waals surface area contributed by atoms with Crippen molar-refractivity contribution in [2.24, 2.45) is 78.6 Å². The van der Waals surface area contributed by atoms with Gasteiger partial charge in [-0.2, -0.15) is 13.5 Å². The van der Waals surface area contributed by atoms with Gasteiger partial charge in [-0.05, 0) is 234 Å². The van der Waals surface area contributed by atoms with Crippen LogP contribution in [0.5, 0.6) is 0 Å². The maximum atomic E-state index is 12.8. The fourth-order valence-corrected chi connectivity index (χ4v) is 10.9. The first-order chi connectivity index (χ1) is 59.8. The molecule has 0 aliphatic rings. The van der Waals surface area contributed by atoms with Crippen molar-refractivity contribution < 1.29 is 40.8 Å². The third-order valence-corrected chi connectivity index (χ3v) is 17.8. The van der Waals surface area contributed by atoms with Crippen molar-refractivity contribution in [1.29, 1.82) is 10.8 Å². The van der Waals surface area contributed by atoms with Gasteiger partial charge in [0.25, 0.3) is 0 Å². The first-order valence-corrected chi connectivity index (χ1v) is 40.3. The lowest BCUT2D eigenvalue weighted by molar-refractivity contribution is -0.105. The topological polar surface area (TPSA) is 559 Å². The highest BCUT2D eigenvalue weighted by Gasteiger charge is 2.07. The molecular weight excluding hydrogens is 1640 g/mol. The molecule has 29 N–H and O–H groups in total. The van der Waals surface area contributed by atoms with Crippen molar-refractivity contribution in [3.63, 3.8) is 0 Å². The van der Waals surface area contributed by atoms with E-state index >= 15 is 0 Å². The maximum absolute atomic E-state index is 12.8. The van der Waals surface area contributed by atoms with E-state index in [0.29, 0.717) is 67.7 Å². The number of amidine groups is 5. The van der Waals surface area contributed by atoms with E-state index in [1.54, 1.807) is 43.3 Å². The van der Waals surface area contributed by atoms with Crippen LogP contribution < -0.4 is 79.0 Å². The number of anilines is 3. The molecule has 1 unspecified atom stereocenters. The highest BCUT2D eigenvalue weighted by atomic mass is 32.2. The average molecular weight is 1760 g/mol. The van der Waals surface area contributed by atoms with E-state index in [1.165, 1.54) is 58.3 Å². The summed E-state index contributed by atoms with van der Waals surface area (Å²) in [5.74, 6) is 4.81. The van der Waals surface area contributed by atoms with Gasteiger partial charge in [-0.1, -0.05) is 184 Å². The minimum Gasteiger partial charge on any atom is -0.755 e. The first kappa shape index (κ1) is 110. The zero-order valence-electron chi connectivity index (χ0n) is 73.3. The number of carbonyl (C=O) groups excluding carboxylic acids is 1. The van der Waals surface area contributed by atoms with Crippen molar-refractivity contribution in [3.05, 3.63) is 382 Å². The molecule has 32 heteroatoms. The molecule has 1 atom stereocenters. The third kappa shape index (κ3) is 44.0. The summed E-state index contributed by atoms with van der Waals surface area (Å²) < 4.78 is 65.0. The number of rotatable bonds is 15. The number of hydrogen-bond acceptors (Lipinski definition) is 20. The van der Waals surface area contributed by atoms with Crippen LogP contribution >= 0.6 is 0 Å². The molecule has 12 rings (SSSR count). The maximum Gasteiger partial charge on any atom is 0.335 e. The Kier molecular flexibility index (Phi) is 53.2. The lowest BCUT2D eigenvalue weighted by atomic mass is 10.1. The number of nitrogens with zero attached hydrogens (tertiary/aromatic N) is 5. The minimum atomic E-state index is -2.27. The molecule has 126 heavy (non-hydrogen) atoms. The number of benzene rings is 11. The fourth-order valence-electron chi connectivity index (χ4n) is 10.5. The molecule has 1 aromatic heterocycles. The number of aryl methyl sites for hydroxylation is 12. The second-order valence-corrected chi connectivity index (χ2v) is 28.5. The van der Waals surface area contributed by atoms with Gasteiger partial charge < -0.3 is 93.5 Å². The standard InChI is InChI=1S/C10H9N.2C9H12N2O.C9H10N2.C9H13N.2C8H9FN2.C8H11N3.C8H12N2O2S.C8H10N2O.C8H12N2.O2S/c1-8-2-3-9-4-5-11-7-10(9)6-8;1-7-4-3-5-8(6-7)9(10)11-12-2;1-7-4-8(5-10)2-3-9(7)11-6-12;1-7-5-8(6-10)3-4-9(7)11-2;1-7-3-4-9(6-10)5-8(7)2;1-5-2-6(8(10)11)4-7(9)3-5;1-5-2-3-7(9)6(4-5)8(10)11;1-6-3-2-4-7(5-6)8(9)11-10;1-6-4-7(5-9)2-3-8(6)10-13(11)12;1-6-3-2-4-7(5-6)8(9)10-11;1-6-4-7(5-9)2-3-8(6)10;1-3-2/h2-7H,1H3;3-6H,1-2H3,(H2,10,11);2-4,6H,5,10H2,1H3,(H,11,12);3-5H,6,10H2,1H3;3-5H,6,10H2,1-2H3;2*2-4H,1H3,(H3,10,11);2-5H,10H2,1H3,(H2,9,11);2-4,10H,5,9H2,1H3,(H,11,12);2-5,11H,1H3,(H2,9,10);2-4H,5,9-10H2,1H3;/p-1. The summed E-state index contributed by atoms with van der Waals surface area (Å²) in [4.78, 5) is 22.1. The van der Waals surface area contributed by atoms with Crippen LogP contribution in [0.1, 0.15) is 122 Å². The Morgan fingerprint density at radius 2 is 0.944 bits per heavy atom. The lowest BCUT2D eigenvalue weighted by Gasteiger charge is -2.11. The molecule has 28 nitrogen and oxygen atoms in total. The monoisotopic (exact) mass is 1750 g/mol. The van der Waals surface area contributed by atoms with Crippen molar-refractivity contribution in [2.45, 2.75) is 116 Å². The summed E-state index contributed by atoms with van der Waals surface area (Å²) in [6, 6.07) is 69.1. The first-order valence-electron chi connectivity index (χ1n) is 38.5. The van der Waals surface area contributed by atoms with Gasteiger partial charge in [-0.15, -0.1) is 0 Å². The molecule has 668 valence electrons. The quantitative estimate of drug-likeness (QED) is 0.00522. The van der Waals surface area contributed by atoms with Gasteiger partial charge in [0.15, 0.2) is 17.4 Å². The highest BCUT2D eigenvalue weighted by molar-refractivity contribution is 7.80. The van der Waals surface area contributed by atoms with E-state index in [0.717, 1.165) is 100 Å². The SMILES string of the molecule is CON=C(N)c1cccc(C)c1.Cc1cc(CN)ccc1N.Cc1cc(CN)ccc1NC=O.Cc1cc(CN)ccc1NS(=O)[O-].Cc1cc(F)cc(C(=N)N)c1.Cc1ccc(CN)cc1C.Cc1ccc(F)c(C(=N)N)c1.Cc1ccc2ccncc2c1.Cc1cccc(C(N)=NN)c1.Cc1cccc(C(N)=NO)c1.O=S=O.[C-]#[N+]c1ccc(CN)cc1C. The molecule has 0 saturated carbocycles. The number of hydrogen-bond donors (Lipinski definition) is 17. The molecule has 0 spiro atoms. The third-order valence-electron chi connectivity index (χ3n) is 17.4. The molecule has 1 amide bonds. The summed E-state index contributed by atoms with van der Waals surface area (Å²) in [5, 5.41) is 37.4. The Balaban J connectivity index is 0.000000691. The second kappa shape index (κ2) is 61.1. The number of fused-ring (bicyclic) bond motifs is 1. The van der Waals surface area contributed by atoms with Crippen LogP contribution in [0.2, 0.25) is 0 Å². The fraction of sp³-hybridized carbons (Fsp3) is 0.191. The molecular formula is C94H118F2N21O7S2-. The Morgan fingerprint density at radius 1 is 0.508 bits per heavy atom. The van der Waals surface area contributed by atoms with Gasteiger partial charge in [0, 0.05) is 101 Å². The number of carbonyl (C=O) groups is 1. The lowest BCUT2D eigenvalue weighted by Crippen LogP contribution is -2.15. The second-order valence-electron chi connectivity index (χ2n) is 27.6. The van der Waals surface area contributed by atoms with Gasteiger partial charge >= 0.3 is 11.6 Å². The van der Waals surface area contributed by atoms with E-state index in [9.17, 15) is 22.3 Å². The van der Waals surface area contributed by atoms with Crippen LogP contribution in [-0.2, 0) is 65.2 Å². The number of nitrogens with one attached hydrogen (secondary N) is 4. The number of aromatic nitrogens is 1. The van der Waals surface area contributed by atoms with Gasteiger partial charge in [0.05, 0.1) is 12.1 Å². The summed E-state index contributed by atoms with van der Waals surface area (Å²) in [5.41, 5.74) is 84.1. The van der Waals surface area contributed by atoms with Gasteiger partial charge in [-0.3, -0.25) is 24.8 Å². The summed E-state index contributed by atoms with van der Waals surface area (Å²) in [6.45, 7) is 33.1. The van der Waals surface area contributed by atoms with E-state index in [1.807, 2.05) is 201 Å². The summed E-state index contributed by atoms with van der Waals surface area (Å²) in [6.07, 6.45) is 4.38. The molecule has 0 aliphatic heterocycles. The van der Waals surface area contributed by atoms with Gasteiger partial charge in [-0.25, -0.2) is 13.6 Å². The van der Waals surface area contributed by atoms with E-state index in [-0.39, 0.29) is 28.9 Å². The average Bonchev–Trinajstić information content (AvgIpc) is 0.846. The van der Waals surface area contributed by atoms with Gasteiger partial charge in [0.2, 0.25) is 6.41 Å². The largest absolute Gasteiger partial charge is 0.755 e. The summed E-state index contributed by atoms with van der Waals surface area (Å²) >= 11 is -3.02. The summed E-state index contributed by atoms with van der Waals surface area (Å²) in [7, 11) is 1.47. The molecule has 0 aliphatic carbocycles. The minimum absolute atomic E-state index is 0.104. The molecule has 1 heterocycles. The highest BCUT2D eigenvalue weighted by Crippen LogP contribution is 2.21. The number of nitrogens with two attached hydrogens (primary N) is 12. The predicted molar refractivity (Wildman–Crippen MR) is 511 cm³/mol. The van der Waals surface area contributed by atoms with Gasteiger partial charge in [0.1, 0.15) is 36.3 Å². The Hall–Kier alpha value is -14.3. The van der Waals surface area contributed by atoms with Crippen LogP contribution in [0, 0.1) is 112 Å². The smallest absolute Gasteiger partial charge is 0.335 e. The van der Waals surface area contributed by atoms with Crippen molar-refractivity contribution in [1.82, 2.24) is 4.98 Å². The van der Waals surface area contributed by atoms with Crippen LogP contribution in [0.15, 0.2) is 252 Å². The van der Waals surface area contributed by atoms with Crippen LogP contribution in [0.3, 0.4) is 0 Å². The van der Waals surface area contributed by atoms with E-state index in [4.69, 9.17) is 99.9 Å². The number of amides is 1. The molecule has 0 saturated heterocycles. The zero-order valence-corrected chi connectivity index (χ0v) is 74.9. The Labute approximate surface area is 743 Å². The number of hydrazone groups is 1. The van der Waals surface area contributed by atoms with E-state index < -0.39 is 28.7 Å². The number of oxime groups is 2. The molecule has 0 bridgehead atoms. The van der Waals surface area contributed by atoms with Crippen LogP contribution in [0.25, 0.3) is 15.6 Å². The van der Waals surface area contributed by atoms with Crippen LogP contribution in [-0.4, -0.2) is 70.1 Å². The molecule has 0 fully saturated rings. The zero-order chi connectivity index (χ0) is 95.0. The Morgan fingerprint density at radius 3 is 1.36 bits per heavy atom. The van der Waals surface area contributed by atoms with Crippen molar-refractivity contribution in [3.8, 4) is 0 Å². The van der Waals surface area contributed by atoms with Crippen LogP contribution in [0.4, 0.5) is 31.5 Å². The number of halogens is 2. The van der Waals surface area contributed by atoms with Crippen molar-refractivity contribution >= 4 is 91.9 Å². The normalized spacial score (nSPS) is 10.3. The van der Waals surface area contributed by atoms with Crippen molar-refractivity contribution in [2.75, 3.05) is 22.9 Å². The number of nitrogen functional groups attached to an aromatic ring is 3. The molecule has 0 radical (unpaired) electrons. The predicted octanol–water partition coefficient (Wildman–Crippen LogP) is 14.1. The van der Waals surface area contributed by atoms with E-state index in [2.05, 4.69) is 97.3 Å². The number of pyridine rings is 1.